The molecule has 1 aromatic carbocycles. The van der Waals surface area contributed by atoms with Gasteiger partial charge in [0.15, 0.2) is 12.2 Å². The number of primary amides is 1. The number of ether oxygens (including phenoxy) is 2. The Bertz CT molecular complexity index is 621. The highest BCUT2D eigenvalue weighted by atomic mass is 19.4. The molecule has 132 valence electrons. The summed E-state index contributed by atoms with van der Waals surface area (Å²) in [6.07, 6.45) is -6.67. The van der Waals surface area contributed by atoms with E-state index in [0.29, 0.717) is 0 Å². The van der Waals surface area contributed by atoms with E-state index in [2.05, 4.69) is 0 Å². The SMILES string of the molecule is C[C@H](Oc1ccccc1C(F)(F)F)C(=O)N1CCO[C@@H](C(N)=O)C1. The second-order valence-electron chi connectivity index (χ2n) is 5.30. The number of morpholine rings is 1. The number of hydrogen-bond donors (Lipinski definition) is 1. The van der Waals surface area contributed by atoms with Gasteiger partial charge in [0, 0.05) is 6.54 Å². The molecule has 1 aliphatic rings. The molecule has 0 bridgehead atoms. The zero-order chi connectivity index (χ0) is 17.9. The molecule has 9 heteroatoms. The third-order valence-corrected chi connectivity index (χ3v) is 3.54. The Kier molecular flexibility index (Phi) is 5.33. The Labute approximate surface area is 136 Å². The maximum absolute atomic E-state index is 13.0. The molecule has 2 rings (SSSR count). The summed E-state index contributed by atoms with van der Waals surface area (Å²) < 4.78 is 49.2. The van der Waals surface area contributed by atoms with Crippen LogP contribution in [0, 0.1) is 0 Å². The molecule has 1 heterocycles. The van der Waals surface area contributed by atoms with E-state index in [4.69, 9.17) is 15.2 Å². The minimum atomic E-state index is -4.59. The Hall–Kier alpha value is -2.29. The number of nitrogens with two attached hydrogens (primary N) is 1. The number of halogens is 3. The molecule has 2 atom stereocenters. The molecule has 0 radical (unpaired) electrons. The van der Waals surface area contributed by atoms with Crippen molar-refractivity contribution in [2.45, 2.75) is 25.3 Å². The highest BCUT2D eigenvalue weighted by Gasteiger charge is 2.36. The maximum Gasteiger partial charge on any atom is 0.419 e. The van der Waals surface area contributed by atoms with Crippen molar-refractivity contribution in [1.29, 1.82) is 0 Å². The molecule has 1 fully saturated rings. The predicted molar refractivity (Wildman–Crippen MR) is 77.0 cm³/mol. The molecule has 1 aromatic rings. The van der Waals surface area contributed by atoms with Gasteiger partial charge in [-0.05, 0) is 19.1 Å². The zero-order valence-corrected chi connectivity index (χ0v) is 12.9. The van der Waals surface area contributed by atoms with Crippen molar-refractivity contribution >= 4 is 11.8 Å². The van der Waals surface area contributed by atoms with Crippen LogP contribution in [0.25, 0.3) is 0 Å². The smallest absolute Gasteiger partial charge is 0.419 e. The van der Waals surface area contributed by atoms with Crippen LogP contribution in [0.15, 0.2) is 24.3 Å². The summed E-state index contributed by atoms with van der Waals surface area (Å²) in [5.74, 6) is -1.67. The summed E-state index contributed by atoms with van der Waals surface area (Å²) in [6, 6.07) is 4.66. The molecular weight excluding hydrogens is 329 g/mol. The molecule has 1 saturated heterocycles. The molecule has 24 heavy (non-hydrogen) atoms. The quantitative estimate of drug-likeness (QED) is 0.888. The van der Waals surface area contributed by atoms with Gasteiger partial charge >= 0.3 is 6.18 Å². The van der Waals surface area contributed by atoms with Gasteiger partial charge in [0.25, 0.3) is 5.91 Å². The number of carbonyl (C=O) groups excluding carboxylic acids is 2. The highest BCUT2D eigenvalue weighted by molar-refractivity contribution is 5.83. The second-order valence-corrected chi connectivity index (χ2v) is 5.30. The topological polar surface area (TPSA) is 81.9 Å². The fourth-order valence-corrected chi connectivity index (χ4v) is 2.32. The third-order valence-electron chi connectivity index (χ3n) is 3.54. The molecule has 0 aromatic heterocycles. The molecule has 0 unspecified atom stereocenters. The largest absolute Gasteiger partial charge is 0.480 e. The summed E-state index contributed by atoms with van der Waals surface area (Å²) in [4.78, 5) is 24.8. The van der Waals surface area contributed by atoms with Crippen LogP contribution < -0.4 is 10.5 Å². The Balaban J connectivity index is 2.09. The first-order chi connectivity index (χ1) is 11.2. The number of benzene rings is 1. The molecule has 0 aliphatic carbocycles. The average molecular weight is 346 g/mol. The van der Waals surface area contributed by atoms with Gasteiger partial charge in [-0.15, -0.1) is 0 Å². The van der Waals surface area contributed by atoms with Crippen molar-refractivity contribution in [3.63, 3.8) is 0 Å². The van der Waals surface area contributed by atoms with Crippen LogP contribution in [0.2, 0.25) is 0 Å². The Morgan fingerprint density at radius 3 is 2.67 bits per heavy atom. The van der Waals surface area contributed by atoms with E-state index in [1.165, 1.54) is 24.0 Å². The van der Waals surface area contributed by atoms with E-state index in [9.17, 15) is 22.8 Å². The number of hydrogen-bond acceptors (Lipinski definition) is 4. The first-order valence-electron chi connectivity index (χ1n) is 7.22. The van der Waals surface area contributed by atoms with Crippen LogP contribution in [0.4, 0.5) is 13.2 Å². The van der Waals surface area contributed by atoms with E-state index < -0.39 is 41.5 Å². The highest BCUT2D eigenvalue weighted by Crippen LogP contribution is 2.36. The summed E-state index contributed by atoms with van der Waals surface area (Å²) in [5.41, 5.74) is 4.18. The number of para-hydroxylation sites is 1. The van der Waals surface area contributed by atoms with Crippen LogP contribution in [0.1, 0.15) is 12.5 Å². The third kappa shape index (κ3) is 4.16. The van der Waals surface area contributed by atoms with Gasteiger partial charge in [-0.1, -0.05) is 12.1 Å². The minimum absolute atomic E-state index is 0.0528. The number of alkyl halides is 3. The standard InChI is InChI=1S/C15H17F3N2O4/c1-9(14(22)20-6-7-23-12(8-20)13(19)21)24-11-5-3-2-4-10(11)15(16,17)18/h2-5,9,12H,6-8H2,1H3,(H2,19,21)/t9-,12+/m0/s1. The fraction of sp³-hybridized carbons (Fsp3) is 0.467. The predicted octanol–water partition coefficient (Wildman–Crippen LogP) is 1.19. The summed E-state index contributed by atoms with van der Waals surface area (Å²) in [7, 11) is 0. The van der Waals surface area contributed by atoms with E-state index in [1.807, 2.05) is 0 Å². The summed E-state index contributed by atoms with van der Waals surface area (Å²) >= 11 is 0. The lowest BCUT2D eigenvalue weighted by atomic mass is 10.2. The lowest BCUT2D eigenvalue weighted by Crippen LogP contribution is -2.53. The van der Waals surface area contributed by atoms with Crippen molar-refractivity contribution in [3.05, 3.63) is 29.8 Å². The first kappa shape index (κ1) is 18.1. The van der Waals surface area contributed by atoms with E-state index in [0.717, 1.165) is 12.1 Å². The van der Waals surface area contributed by atoms with Gasteiger partial charge in [-0.25, -0.2) is 0 Å². The van der Waals surface area contributed by atoms with Crippen molar-refractivity contribution in [3.8, 4) is 5.75 Å². The van der Waals surface area contributed by atoms with Gasteiger partial charge in [0.2, 0.25) is 5.91 Å². The molecular formula is C15H17F3N2O4. The lowest BCUT2D eigenvalue weighted by molar-refractivity contribution is -0.151. The fourth-order valence-electron chi connectivity index (χ4n) is 2.32. The van der Waals surface area contributed by atoms with Crippen molar-refractivity contribution in [2.75, 3.05) is 19.7 Å². The number of rotatable bonds is 4. The van der Waals surface area contributed by atoms with Crippen LogP contribution in [-0.4, -0.2) is 48.6 Å². The number of amides is 2. The van der Waals surface area contributed by atoms with E-state index in [-0.39, 0.29) is 19.7 Å². The van der Waals surface area contributed by atoms with Crippen molar-refractivity contribution in [2.24, 2.45) is 5.73 Å². The molecule has 0 saturated carbocycles. The van der Waals surface area contributed by atoms with Gasteiger partial charge < -0.3 is 20.1 Å². The minimum Gasteiger partial charge on any atom is -0.480 e. The summed E-state index contributed by atoms with van der Waals surface area (Å²) in [6.45, 7) is 1.62. The van der Waals surface area contributed by atoms with Crippen LogP contribution in [0.3, 0.4) is 0 Å². The molecule has 0 spiro atoms. The van der Waals surface area contributed by atoms with Crippen molar-refractivity contribution < 1.29 is 32.2 Å². The van der Waals surface area contributed by atoms with Gasteiger partial charge in [-0.3, -0.25) is 9.59 Å². The van der Waals surface area contributed by atoms with E-state index in [1.54, 1.807) is 0 Å². The molecule has 2 amide bonds. The van der Waals surface area contributed by atoms with E-state index >= 15 is 0 Å². The maximum atomic E-state index is 13.0. The summed E-state index contributed by atoms with van der Waals surface area (Å²) in [5, 5.41) is 0. The molecule has 1 aliphatic heterocycles. The monoisotopic (exact) mass is 346 g/mol. The van der Waals surface area contributed by atoms with Gasteiger partial charge in [0.05, 0.1) is 18.7 Å². The molecule has 6 nitrogen and oxygen atoms in total. The van der Waals surface area contributed by atoms with Crippen LogP contribution in [0.5, 0.6) is 5.75 Å². The van der Waals surface area contributed by atoms with Gasteiger partial charge in [-0.2, -0.15) is 13.2 Å². The Morgan fingerprint density at radius 1 is 1.38 bits per heavy atom. The molecule has 2 N–H and O–H groups in total. The number of carbonyl (C=O) groups is 2. The van der Waals surface area contributed by atoms with Crippen molar-refractivity contribution in [1.82, 2.24) is 4.90 Å². The lowest BCUT2D eigenvalue weighted by Gasteiger charge is -2.33. The second kappa shape index (κ2) is 7.08. The van der Waals surface area contributed by atoms with Gasteiger partial charge in [0.1, 0.15) is 5.75 Å². The van der Waals surface area contributed by atoms with Crippen LogP contribution >= 0.6 is 0 Å². The first-order valence-corrected chi connectivity index (χ1v) is 7.22. The Morgan fingerprint density at radius 2 is 2.04 bits per heavy atom. The number of nitrogens with zero attached hydrogens (tertiary/aromatic N) is 1. The normalized spacial score (nSPS) is 19.7. The zero-order valence-electron chi connectivity index (χ0n) is 12.9. The average Bonchev–Trinajstić information content (AvgIpc) is 2.53. The van der Waals surface area contributed by atoms with Crippen LogP contribution in [-0.2, 0) is 20.5 Å².